The fraction of sp³-hybridized carbons (Fsp3) is 0.250. The molecular weight excluding hydrogens is 392 g/mol. The standard InChI is InChI=1S/C20H17ClN6O2/c1-28-19-15(10-24-20(25-19)29-2)17-8-14(18-22-5-6-27(18)26-17)12-7-13(12)16-4-3-11(21)9-23-16/h3-6,8-10,12-13H,7H2,1-2H3/t12-,13-/m0/s1. The third-order valence-corrected chi connectivity index (χ3v) is 5.31. The first kappa shape index (κ1) is 17.8. The highest BCUT2D eigenvalue weighted by Crippen LogP contribution is 2.55. The van der Waals surface area contributed by atoms with Gasteiger partial charge in [-0.15, -0.1) is 0 Å². The summed E-state index contributed by atoms with van der Waals surface area (Å²) in [7, 11) is 3.07. The van der Waals surface area contributed by atoms with Crippen LogP contribution in [0.2, 0.25) is 5.02 Å². The molecule has 1 saturated carbocycles. The van der Waals surface area contributed by atoms with E-state index in [2.05, 4.69) is 25.0 Å². The van der Waals surface area contributed by atoms with Crippen LogP contribution in [0.1, 0.15) is 29.5 Å². The Balaban J connectivity index is 1.58. The summed E-state index contributed by atoms with van der Waals surface area (Å²) in [6.07, 6.45) is 7.92. The van der Waals surface area contributed by atoms with E-state index in [4.69, 9.17) is 21.1 Å². The largest absolute Gasteiger partial charge is 0.480 e. The van der Waals surface area contributed by atoms with E-state index in [1.807, 2.05) is 24.4 Å². The van der Waals surface area contributed by atoms with Gasteiger partial charge in [0.05, 0.1) is 30.5 Å². The van der Waals surface area contributed by atoms with Gasteiger partial charge in [0.1, 0.15) is 0 Å². The second kappa shape index (κ2) is 6.97. The molecule has 4 heterocycles. The average molecular weight is 409 g/mol. The lowest BCUT2D eigenvalue weighted by Crippen LogP contribution is -2.02. The number of rotatable bonds is 5. The average Bonchev–Trinajstić information content (AvgIpc) is 3.41. The highest BCUT2D eigenvalue weighted by molar-refractivity contribution is 6.30. The number of methoxy groups -OCH3 is 2. The van der Waals surface area contributed by atoms with Crippen molar-refractivity contribution in [3.63, 3.8) is 0 Å². The summed E-state index contributed by atoms with van der Waals surface area (Å²) < 4.78 is 12.3. The number of aromatic nitrogens is 6. The number of ether oxygens (including phenoxy) is 2. The van der Waals surface area contributed by atoms with Crippen molar-refractivity contribution in [3.8, 4) is 23.1 Å². The Labute approximate surface area is 171 Å². The monoisotopic (exact) mass is 408 g/mol. The molecule has 0 radical (unpaired) electrons. The number of imidazole rings is 1. The third-order valence-electron chi connectivity index (χ3n) is 5.09. The lowest BCUT2D eigenvalue weighted by Gasteiger charge is -2.10. The van der Waals surface area contributed by atoms with Crippen molar-refractivity contribution in [2.24, 2.45) is 0 Å². The summed E-state index contributed by atoms with van der Waals surface area (Å²) in [5.74, 6) is 1.04. The molecule has 0 bridgehead atoms. The van der Waals surface area contributed by atoms with Crippen molar-refractivity contribution < 1.29 is 9.47 Å². The van der Waals surface area contributed by atoms with E-state index < -0.39 is 0 Å². The van der Waals surface area contributed by atoms with Gasteiger partial charge in [-0.05, 0) is 30.5 Å². The van der Waals surface area contributed by atoms with Crippen LogP contribution in [-0.2, 0) is 0 Å². The van der Waals surface area contributed by atoms with Gasteiger partial charge in [-0.25, -0.2) is 14.5 Å². The zero-order valence-corrected chi connectivity index (χ0v) is 16.5. The van der Waals surface area contributed by atoms with Crippen LogP contribution < -0.4 is 9.47 Å². The van der Waals surface area contributed by atoms with Gasteiger partial charge >= 0.3 is 6.01 Å². The molecule has 0 saturated heterocycles. The van der Waals surface area contributed by atoms with Gasteiger partial charge < -0.3 is 9.47 Å². The van der Waals surface area contributed by atoms with Gasteiger partial charge in [-0.3, -0.25) is 4.98 Å². The summed E-state index contributed by atoms with van der Waals surface area (Å²) in [5.41, 5.74) is 4.38. The van der Waals surface area contributed by atoms with Crippen LogP contribution in [0.3, 0.4) is 0 Å². The topological polar surface area (TPSA) is 87.3 Å². The second-order valence-electron chi connectivity index (χ2n) is 6.81. The minimum Gasteiger partial charge on any atom is -0.480 e. The molecule has 0 amide bonds. The third kappa shape index (κ3) is 3.15. The van der Waals surface area contributed by atoms with Crippen molar-refractivity contribution in [2.75, 3.05) is 14.2 Å². The number of pyridine rings is 1. The van der Waals surface area contributed by atoms with Gasteiger partial charge in [0.25, 0.3) is 0 Å². The van der Waals surface area contributed by atoms with Crippen LogP contribution in [0.25, 0.3) is 16.9 Å². The van der Waals surface area contributed by atoms with E-state index in [-0.39, 0.29) is 6.01 Å². The Hall–Kier alpha value is -3.26. The van der Waals surface area contributed by atoms with Crippen molar-refractivity contribution in [2.45, 2.75) is 18.3 Å². The molecule has 0 N–H and O–H groups in total. The predicted molar refractivity (Wildman–Crippen MR) is 106 cm³/mol. The van der Waals surface area contributed by atoms with Gasteiger partial charge in [0.2, 0.25) is 5.88 Å². The maximum atomic E-state index is 5.98. The molecule has 4 aromatic rings. The summed E-state index contributed by atoms with van der Waals surface area (Å²) >= 11 is 5.98. The summed E-state index contributed by atoms with van der Waals surface area (Å²) in [6, 6.07) is 6.14. The number of halogens is 1. The van der Waals surface area contributed by atoms with Crippen molar-refractivity contribution in [3.05, 3.63) is 59.3 Å². The molecule has 2 atom stereocenters. The zero-order valence-electron chi connectivity index (χ0n) is 15.8. The molecule has 0 unspecified atom stereocenters. The lowest BCUT2D eigenvalue weighted by molar-refractivity contribution is 0.353. The van der Waals surface area contributed by atoms with Crippen molar-refractivity contribution in [1.82, 2.24) is 29.5 Å². The molecule has 0 aliphatic heterocycles. The zero-order chi connectivity index (χ0) is 20.0. The smallest absolute Gasteiger partial charge is 0.319 e. The number of nitrogens with zero attached hydrogens (tertiary/aromatic N) is 6. The van der Waals surface area contributed by atoms with Crippen LogP contribution in [0.5, 0.6) is 11.9 Å². The fourth-order valence-corrected chi connectivity index (χ4v) is 3.71. The van der Waals surface area contributed by atoms with Gasteiger partial charge in [-0.2, -0.15) is 10.1 Å². The molecular formula is C20H17ClN6O2. The van der Waals surface area contributed by atoms with E-state index in [9.17, 15) is 0 Å². The van der Waals surface area contributed by atoms with Crippen LogP contribution in [0.4, 0.5) is 0 Å². The Morgan fingerprint density at radius 2 is 1.97 bits per heavy atom. The molecule has 5 rings (SSSR count). The Morgan fingerprint density at radius 3 is 2.72 bits per heavy atom. The molecule has 146 valence electrons. The molecule has 0 aromatic carbocycles. The quantitative estimate of drug-likeness (QED) is 0.499. The SMILES string of the molecule is COc1ncc(-c2cc([C@H]3C[C@@H]3c3ccc(Cl)cn3)c3nccn3n2)c(OC)n1. The Kier molecular flexibility index (Phi) is 4.28. The number of hydrogen-bond acceptors (Lipinski definition) is 7. The maximum Gasteiger partial charge on any atom is 0.319 e. The van der Waals surface area contributed by atoms with Crippen molar-refractivity contribution >= 4 is 17.2 Å². The summed E-state index contributed by atoms with van der Waals surface area (Å²) in [5, 5.41) is 5.31. The van der Waals surface area contributed by atoms with E-state index in [1.54, 1.807) is 30.2 Å². The molecule has 0 spiro atoms. The second-order valence-corrected chi connectivity index (χ2v) is 7.25. The Bertz CT molecular complexity index is 1190. The van der Waals surface area contributed by atoms with Gasteiger partial charge in [0, 0.05) is 42.0 Å². The molecule has 29 heavy (non-hydrogen) atoms. The van der Waals surface area contributed by atoms with E-state index in [0.29, 0.717) is 34.0 Å². The van der Waals surface area contributed by atoms with E-state index in [0.717, 1.165) is 23.3 Å². The molecule has 1 fully saturated rings. The lowest BCUT2D eigenvalue weighted by atomic mass is 10.1. The molecule has 1 aliphatic carbocycles. The fourth-order valence-electron chi connectivity index (χ4n) is 3.60. The van der Waals surface area contributed by atoms with Crippen LogP contribution in [-0.4, -0.2) is 43.8 Å². The van der Waals surface area contributed by atoms with E-state index >= 15 is 0 Å². The van der Waals surface area contributed by atoms with Gasteiger partial charge in [-0.1, -0.05) is 11.6 Å². The normalized spacial score (nSPS) is 18.0. The Morgan fingerprint density at radius 1 is 1.07 bits per heavy atom. The van der Waals surface area contributed by atoms with Crippen molar-refractivity contribution in [1.29, 1.82) is 0 Å². The van der Waals surface area contributed by atoms with Gasteiger partial charge in [0.15, 0.2) is 5.65 Å². The number of hydrogen-bond donors (Lipinski definition) is 0. The maximum absolute atomic E-state index is 5.98. The minimum absolute atomic E-state index is 0.241. The van der Waals surface area contributed by atoms with Crippen LogP contribution in [0.15, 0.2) is 43.0 Å². The summed E-state index contributed by atoms with van der Waals surface area (Å²) in [6.45, 7) is 0. The van der Waals surface area contributed by atoms with Crippen LogP contribution in [0, 0.1) is 0 Å². The van der Waals surface area contributed by atoms with E-state index in [1.165, 1.54) is 7.11 Å². The first-order chi connectivity index (χ1) is 14.2. The summed E-state index contributed by atoms with van der Waals surface area (Å²) in [4.78, 5) is 17.5. The van der Waals surface area contributed by atoms with Crippen LogP contribution >= 0.6 is 11.6 Å². The molecule has 4 aromatic heterocycles. The molecule has 1 aliphatic rings. The highest BCUT2D eigenvalue weighted by atomic mass is 35.5. The molecule has 9 heteroatoms. The predicted octanol–water partition coefficient (Wildman–Crippen LogP) is 3.52. The minimum atomic E-state index is 0.241. The highest BCUT2D eigenvalue weighted by Gasteiger charge is 2.42. The molecule has 8 nitrogen and oxygen atoms in total. The first-order valence-electron chi connectivity index (χ1n) is 9.09. The first-order valence-corrected chi connectivity index (χ1v) is 9.47. The number of fused-ring (bicyclic) bond motifs is 1.